The van der Waals surface area contributed by atoms with Gasteiger partial charge in [-0.3, -0.25) is 4.79 Å². The number of rotatable bonds is 1. The van der Waals surface area contributed by atoms with E-state index in [1.807, 2.05) is 0 Å². The molecule has 1 heterocycles. The first kappa shape index (κ1) is 6.60. The Hall–Kier alpha value is -1.52. The van der Waals surface area contributed by atoms with Crippen LogP contribution in [0.3, 0.4) is 0 Å². The quantitative estimate of drug-likeness (QED) is 0.556. The number of carboxylic acids is 1. The summed E-state index contributed by atoms with van der Waals surface area (Å²) in [4.78, 5) is 20.4. The fraction of sp³-hybridized carbons (Fsp3) is 0.200. The molecule has 0 aromatic carbocycles. The third kappa shape index (κ3) is 1.25. The normalized spacial score (nSPS) is 23.2. The van der Waals surface area contributed by atoms with Crippen LogP contribution in [0.1, 0.15) is 0 Å². The van der Waals surface area contributed by atoms with Gasteiger partial charge in [0.05, 0.1) is 0 Å². The Morgan fingerprint density at radius 2 is 2.40 bits per heavy atom. The molecule has 0 saturated carbocycles. The average molecular weight is 140 g/mol. The molecule has 0 fully saturated rings. The van der Waals surface area contributed by atoms with Crippen LogP contribution in [0.25, 0.3) is 0 Å². The highest BCUT2D eigenvalue weighted by molar-refractivity contribution is 5.90. The maximum atomic E-state index is 10.3. The lowest BCUT2D eigenvalue weighted by molar-refractivity contribution is -0.137. The van der Waals surface area contributed by atoms with Crippen molar-refractivity contribution in [2.75, 3.05) is 0 Å². The zero-order chi connectivity index (χ0) is 7.56. The van der Waals surface area contributed by atoms with Crippen LogP contribution in [0.5, 0.6) is 0 Å². The van der Waals surface area contributed by atoms with E-state index in [0.717, 1.165) is 6.08 Å². The van der Waals surface area contributed by atoms with E-state index < -0.39 is 17.9 Å². The van der Waals surface area contributed by atoms with Crippen LogP contribution < -0.4 is 0 Å². The molecule has 5 heteroatoms. The van der Waals surface area contributed by atoms with Crippen LogP contribution in [0.4, 0.5) is 0 Å². The van der Waals surface area contributed by atoms with Gasteiger partial charge in [-0.15, -0.1) is 5.11 Å². The molecule has 1 rings (SSSR count). The third-order valence-corrected chi connectivity index (χ3v) is 0.955. The van der Waals surface area contributed by atoms with E-state index in [1.54, 1.807) is 0 Å². The maximum Gasteiger partial charge on any atom is 0.334 e. The van der Waals surface area contributed by atoms with E-state index in [1.165, 1.54) is 6.08 Å². The lowest BCUT2D eigenvalue weighted by atomic mass is 10.2. The fourth-order valence-electron chi connectivity index (χ4n) is 0.496. The second-order valence-corrected chi connectivity index (χ2v) is 1.70. The van der Waals surface area contributed by atoms with Crippen molar-refractivity contribution in [1.82, 2.24) is 0 Å². The van der Waals surface area contributed by atoms with E-state index in [-0.39, 0.29) is 0 Å². The highest BCUT2D eigenvalue weighted by atomic mass is 16.4. The standard InChI is InChI=1S/C5H4N2O3/c8-4-2-1-3(5(9)10)6-7-4/h1-3H,(H,9,10). The summed E-state index contributed by atoms with van der Waals surface area (Å²) >= 11 is 0. The van der Waals surface area contributed by atoms with Crippen LogP contribution >= 0.6 is 0 Å². The molecule has 1 unspecified atom stereocenters. The van der Waals surface area contributed by atoms with Crippen molar-refractivity contribution < 1.29 is 14.7 Å². The number of hydrogen-bond acceptors (Lipinski definition) is 3. The lowest BCUT2D eigenvalue weighted by Crippen LogP contribution is -2.17. The van der Waals surface area contributed by atoms with Crippen molar-refractivity contribution in [3.63, 3.8) is 0 Å². The summed E-state index contributed by atoms with van der Waals surface area (Å²) in [5, 5.41) is 14.6. The van der Waals surface area contributed by atoms with Gasteiger partial charge in [-0.05, 0) is 6.08 Å². The summed E-state index contributed by atoms with van der Waals surface area (Å²) < 4.78 is 0. The van der Waals surface area contributed by atoms with Gasteiger partial charge in [0, 0.05) is 6.08 Å². The Kier molecular flexibility index (Phi) is 1.57. The van der Waals surface area contributed by atoms with E-state index in [0.29, 0.717) is 0 Å². The SMILES string of the molecule is O=C1C=CC(C(=O)O)N=N1. The van der Waals surface area contributed by atoms with Crippen molar-refractivity contribution in [2.24, 2.45) is 10.2 Å². The number of nitrogens with zero attached hydrogens (tertiary/aromatic N) is 2. The van der Waals surface area contributed by atoms with E-state index >= 15 is 0 Å². The predicted molar refractivity (Wildman–Crippen MR) is 30.4 cm³/mol. The Balaban J connectivity index is 2.71. The topological polar surface area (TPSA) is 79.1 Å². The first-order chi connectivity index (χ1) is 4.70. The Morgan fingerprint density at radius 1 is 1.70 bits per heavy atom. The number of carbonyl (C=O) groups is 2. The molecule has 0 aromatic heterocycles. The molecule has 0 spiro atoms. The number of aliphatic carboxylic acids is 1. The van der Waals surface area contributed by atoms with Crippen LogP contribution in [0.15, 0.2) is 22.4 Å². The number of azo groups is 1. The van der Waals surface area contributed by atoms with Gasteiger partial charge in [0.15, 0.2) is 6.04 Å². The summed E-state index contributed by atoms with van der Waals surface area (Å²) in [6.45, 7) is 0. The second-order valence-electron chi connectivity index (χ2n) is 1.70. The van der Waals surface area contributed by atoms with Crippen molar-refractivity contribution in [3.05, 3.63) is 12.2 Å². The molecule has 1 aliphatic rings. The lowest BCUT2D eigenvalue weighted by Gasteiger charge is -2.00. The highest BCUT2D eigenvalue weighted by Gasteiger charge is 2.15. The van der Waals surface area contributed by atoms with E-state index in [9.17, 15) is 9.59 Å². The van der Waals surface area contributed by atoms with Crippen molar-refractivity contribution in [1.29, 1.82) is 0 Å². The summed E-state index contributed by atoms with van der Waals surface area (Å²) in [5.41, 5.74) is 0. The van der Waals surface area contributed by atoms with Gasteiger partial charge >= 0.3 is 5.97 Å². The summed E-state index contributed by atoms with van der Waals surface area (Å²) in [5.74, 6) is -1.62. The first-order valence-corrected chi connectivity index (χ1v) is 2.56. The smallest absolute Gasteiger partial charge is 0.334 e. The van der Waals surface area contributed by atoms with Crippen molar-refractivity contribution in [2.45, 2.75) is 6.04 Å². The molecule has 1 N–H and O–H groups in total. The molecule has 0 bridgehead atoms. The van der Waals surface area contributed by atoms with Crippen LogP contribution in [-0.2, 0) is 9.59 Å². The molecule has 1 aliphatic heterocycles. The maximum absolute atomic E-state index is 10.3. The minimum absolute atomic E-state index is 0.516. The van der Waals surface area contributed by atoms with Gasteiger partial charge < -0.3 is 5.11 Å². The summed E-state index contributed by atoms with van der Waals surface area (Å²) in [6.07, 6.45) is 2.28. The molecular weight excluding hydrogens is 136 g/mol. The average Bonchev–Trinajstić information content (AvgIpc) is 1.88. The van der Waals surface area contributed by atoms with Crippen LogP contribution in [-0.4, -0.2) is 23.0 Å². The van der Waals surface area contributed by atoms with Crippen LogP contribution in [0, 0.1) is 0 Å². The molecule has 0 radical (unpaired) electrons. The number of amides is 1. The van der Waals surface area contributed by atoms with Gasteiger partial charge in [0.25, 0.3) is 5.91 Å². The minimum atomic E-state index is -1.10. The molecule has 1 amide bonds. The zero-order valence-electron chi connectivity index (χ0n) is 4.89. The summed E-state index contributed by atoms with van der Waals surface area (Å²) in [6, 6.07) is -0.988. The molecule has 52 valence electrons. The van der Waals surface area contributed by atoms with Crippen LogP contribution in [0.2, 0.25) is 0 Å². The molecular formula is C5H4N2O3. The monoisotopic (exact) mass is 140 g/mol. The van der Waals surface area contributed by atoms with Gasteiger partial charge in [0.2, 0.25) is 0 Å². The van der Waals surface area contributed by atoms with E-state index in [4.69, 9.17) is 5.11 Å². The number of carboxylic acid groups (broad SMARTS) is 1. The Bertz CT molecular complexity index is 215. The Labute approximate surface area is 56.1 Å². The first-order valence-electron chi connectivity index (χ1n) is 2.56. The molecule has 0 saturated heterocycles. The van der Waals surface area contributed by atoms with Crippen molar-refractivity contribution >= 4 is 11.9 Å². The summed E-state index contributed by atoms with van der Waals surface area (Å²) in [7, 11) is 0. The molecule has 10 heavy (non-hydrogen) atoms. The van der Waals surface area contributed by atoms with Gasteiger partial charge in [-0.2, -0.15) is 5.11 Å². The van der Waals surface area contributed by atoms with Gasteiger partial charge in [-0.1, -0.05) is 0 Å². The number of carbonyl (C=O) groups excluding carboxylic acids is 1. The molecule has 0 aromatic rings. The van der Waals surface area contributed by atoms with Crippen molar-refractivity contribution in [3.8, 4) is 0 Å². The molecule has 1 atom stereocenters. The predicted octanol–water partition coefficient (Wildman–Crippen LogP) is -0.0118. The van der Waals surface area contributed by atoms with Gasteiger partial charge in [-0.25, -0.2) is 4.79 Å². The highest BCUT2D eigenvalue weighted by Crippen LogP contribution is 2.01. The fourth-order valence-corrected chi connectivity index (χ4v) is 0.496. The largest absolute Gasteiger partial charge is 0.479 e. The molecule has 0 aliphatic carbocycles. The number of hydrogen-bond donors (Lipinski definition) is 1. The third-order valence-electron chi connectivity index (χ3n) is 0.955. The van der Waals surface area contributed by atoms with E-state index in [2.05, 4.69) is 10.2 Å². The second kappa shape index (κ2) is 2.38. The van der Waals surface area contributed by atoms with Gasteiger partial charge in [0.1, 0.15) is 0 Å². The Morgan fingerprint density at radius 3 is 2.80 bits per heavy atom. The zero-order valence-corrected chi connectivity index (χ0v) is 4.89. The molecule has 5 nitrogen and oxygen atoms in total. The minimum Gasteiger partial charge on any atom is -0.479 e.